The molecule has 2 nitrogen and oxygen atoms in total. The molecule has 3 rings (SSSR count). The summed E-state index contributed by atoms with van der Waals surface area (Å²) >= 11 is 3.91. The first kappa shape index (κ1) is 13.0. The maximum Gasteiger partial charge on any atom is 0.0795 e. The van der Waals surface area contributed by atoms with Gasteiger partial charge in [0.2, 0.25) is 0 Å². The normalized spacial score (nSPS) is 32.2. The van der Waals surface area contributed by atoms with Crippen LogP contribution in [0.5, 0.6) is 0 Å². The van der Waals surface area contributed by atoms with Gasteiger partial charge in [0.15, 0.2) is 0 Å². The third-order valence-corrected chi connectivity index (χ3v) is 6.33. The van der Waals surface area contributed by atoms with Crippen LogP contribution < -0.4 is 5.32 Å². The molecule has 0 radical (unpaired) electrons. The maximum absolute atomic E-state index is 6.06. The summed E-state index contributed by atoms with van der Waals surface area (Å²) in [5.41, 5.74) is 1.62. The Morgan fingerprint density at radius 2 is 2.50 bits per heavy atom. The first-order valence-electron chi connectivity index (χ1n) is 6.75. The van der Waals surface area contributed by atoms with Crippen molar-refractivity contribution >= 4 is 23.1 Å². The minimum atomic E-state index is 0.199. The van der Waals surface area contributed by atoms with E-state index in [1.54, 1.807) is 0 Å². The van der Waals surface area contributed by atoms with E-state index in [4.69, 9.17) is 4.74 Å². The summed E-state index contributed by atoms with van der Waals surface area (Å²) in [5, 5.41) is 5.92. The summed E-state index contributed by atoms with van der Waals surface area (Å²) in [6, 6.07) is 2.85. The van der Waals surface area contributed by atoms with Gasteiger partial charge in [-0.2, -0.15) is 11.8 Å². The van der Waals surface area contributed by atoms with Crippen LogP contribution >= 0.6 is 23.1 Å². The highest BCUT2D eigenvalue weighted by Gasteiger charge is 2.40. The smallest absolute Gasteiger partial charge is 0.0795 e. The lowest BCUT2D eigenvalue weighted by Gasteiger charge is -2.38. The molecule has 1 spiro atoms. The number of ether oxygens (including phenoxy) is 1. The molecule has 2 aliphatic rings. The van der Waals surface area contributed by atoms with Crippen molar-refractivity contribution in [1.82, 2.24) is 5.32 Å². The zero-order valence-corrected chi connectivity index (χ0v) is 12.5. The third kappa shape index (κ3) is 2.77. The van der Waals surface area contributed by atoms with Gasteiger partial charge < -0.3 is 10.1 Å². The summed E-state index contributed by atoms with van der Waals surface area (Å²) in [6.45, 7) is 4.16. The van der Waals surface area contributed by atoms with E-state index in [0.29, 0.717) is 6.04 Å². The monoisotopic (exact) mass is 283 g/mol. The number of hydrogen-bond donors (Lipinski definition) is 1. The number of thioether (sulfide) groups is 1. The molecule has 2 saturated heterocycles. The van der Waals surface area contributed by atoms with Gasteiger partial charge in [-0.1, -0.05) is 0 Å². The molecule has 1 N–H and O–H groups in total. The lowest BCUT2D eigenvalue weighted by atomic mass is 9.90. The molecule has 18 heavy (non-hydrogen) atoms. The SMILES string of the molecule is Cc1ccsc1CNC1CCOC2(CCSC2)C1. The minimum Gasteiger partial charge on any atom is -0.374 e. The maximum atomic E-state index is 6.06. The molecule has 3 heterocycles. The fourth-order valence-electron chi connectivity index (χ4n) is 2.89. The fraction of sp³-hybridized carbons (Fsp3) is 0.714. The summed E-state index contributed by atoms with van der Waals surface area (Å²) in [7, 11) is 0. The predicted molar refractivity (Wildman–Crippen MR) is 79.5 cm³/mol. The van der Waals surface area contributed by atoms with Crippen molar-refractivity contribution in [2.24, 2.45) is 0 Å². The highest BCUT2D eigenvalue weighted by molar-refractivity contribution is 7.99. The van der Waals surface area contributed by atoms with Gasteiger partial charge in [-0.25, -0.2) is 0 Å². The average Bonchev–Trinajstić information content (AvgIpc) is 2.97. The number of thiophene rings is 1. The molecule has 0 aromatic carbocycles. The van der Waals surface area contributed by atoms with Crippen molar-refractivity contribution in [3.05, 3.63) is 21.9 Å². The topological polar surface area (TPSA) is 21.3 Å². The van der Waals surface area contributed by atoms with Gasteiger partial charge in [-0.3, -0.25) is 0 Å². The Bertz CT molecular complexity index is 398. The molecular formula is C14H21NOS2. The molecule has 1 aromatic heterocycles. The van der Waals surface area contributed by atoms with Gasteiger partial charge >= 0.3 is 0 Å². The second-order valence-corrected chi connectivity index (χ2v) is 7.54. The number of nitrogens with one attached hydrogen (secondary N) is 1. The highest BCUT2D eigenvalue weighted by Crippen LogP contribution is 2.38. The van der Waals surface area contributed by atoms with Gasteiger partial charge in [-0.15, -0.1) is 11.3 Å². The van der Waals surface area contributed by atoms with Crippen molar-refractivity contribution in [2.45, 2.75) is 44.4 Å². The Hall–Kier alpha value is -0.0300. The largest absolute Gasteiger partial charge is 0.374 e. The average molecular weight is 283 g/mol. The molecule has 0 bridgehead atoms. The lowest BCUT2D eigenvalue weighted by Crippen LogP contribution is -2.47. The van der Waals surface area contributed by atoms with E-state index in [2.05, 4.69) is 23.7 Å². The molecule has 100 valence electrons. The number of rotatable bonds is 3. The van der Waals surface area contributed by atoms with E-state index in [-0.39, 0.29) is 5.60 Å². The molecule has 2 atom stereocenters. The van der Waals surface area contributed by atoms with Crippen molar-refractivity contribution in [3.63, 3.8) is 0 Å². The van der Waals surface area contributed by atoms with E-state index in [1.165, 1.54) is 34.8 Å². The van der Waals surface area contributed by atoms with Crippen LogP contribution in [0.1, 0.15) is 29.7 Å². The summed E-state index contributed by atoms with van der Waals surface area (Å²) in [6.07, 6.45) is 3.61. The minimum absolute atomic E-state index is 0.199. The molecule has 1 aromatic rings. The summed E-state index contributed by atoms with van der Waals surface area (Å²) in [4.78, 5) is 1.48. The molecule has 0 amide bonds. The van der Waals surface area contributed by atoms with E-state index in [0.717, 1.165) is 19.6 Å². The van der Waals surface area contributed by atoms with Gasteiger partial charge in [0.1, 0.15) is 0 Å². The van der Waals surface area contributed by atoms with E-state index in [9.17, 15) is 0 Å². The van der Waals surface area contributed by atoms with Crippen LogP contribution in [0.3, 0.4) is 0 Å². The van der Waals surface area contributed by atoms with Gasteiger partial charge in [0.05, 0.1) is 5.60 Å². The van der Waals surface area contributed by atoms with Gasteiger partial charge in [0.25, 0.3) is 0 Å². The summed E-state index contributed by atoms with van der Waals surface area (Å²) < 4.78 is 6.06. The Labute approximate surface area is 117 Å². The zero-order valence-electron chi connectivity index (χ0n) is 10.9. The predicted octanol–water partition coefficient (Wildman–Crippen LogP) is 3.20. The first-order valence-corrected chi connectivity index (χ1v) is 8.79. The van der Waals surface area contributed by atoms with Gasteiger partial charge in [-0.05, 0) is 48.9 Å². The fourth-order valence-corrected chi connectivity index (χ4v) is 5.12. The van der Waals surface area contributed by atoms with Crippen LogP contribution in [-0.2, 0) is 11.3 Å². The quantitative estimate of drug-likeness (QED) is 0.920. The summed E-state index contributed by atoms with van der Waals surface area (Å²) in [5.74, 6) is 2.47. The highest BCUT2D eigenvalue weighted by atomic mass is 32.2. The molecular weight excluding hydrogens is 262 g/mol. The molecule has 4 heteroatoms. The van der Waals surface area contributed by atoms with E-state index >= 15 is 0 Å². The van der Waals surface area contributed by atoms with Crippen LogP contribution in [0.4, 0.5) is 0 Å². The van der Waals surface area contributed by atoms with E-state index < -0.39 is 0 Å². The molecule has 0 aliphatic carbocycles. The Balaban J connectivity index is 1.55. The van der Waals surface area contributed by atoms with Crippen molar-refractivity contribution < 1.29 is 4.74 Å². The van der Waals surface area contributed by atoms with E-state index in [1.807, 2.05) is 23.1 Å². The standard InChI is InChI=1S/C14H21NOS2/c1-11-3-6-18-13(11)9-15-12-2-5-16-14(8-12)4-7-17-10-14/h3,6,12,15H,2,4-5,7-10H2,1H3. The third-order valence-electron chi connectivity index (χ3n) is 4.08. The molecule has 2 aliphatic heterocycles. The van der Waals surface area contributed by atoms with Crippen molar-refractivity contribution in [3.8, 4) is 0 Å². The Kier molecular flexibility index (Phi) is 3.99. The van der Waals surface area contributed by atoms with Gasteiger partial charge in [0, 0.05) is 29.8 Å². The van der Waals surface area contributed by atoms with Crippen molar-refractivity contribution in [2.75, 3.05) is 18.1 Å². The first-order chi connectivity index (χ1) is 8.77. The lowest BCUT2D eigenvalue weighted by molar-refractivity contribution is -0.0702. The number of hydrogen-bond acceptors (Lipinski definition) is 4. The molecule has 2 unspecified atom stereocenters. The Morgan fingerprint density at radius 1 is 1.56 bits per heavy atom. The zero-order chi connectivity index (χ0) is 12.4. The second-order valence-electron chi connectivity index (χ2n) is 5.43. The van der Waals surface area contributed by atoms with Crippen LogP contribution in [0.25, 0.3) is 0 Å². The van der Waals surface area contributed by atoms with Crippen molar-refractivity contribution in [1.29, 1.82) is 0 Å². The molecule has 2 fully saturated rings. The number of aryl methyl sites for hydroxylation is 1. The van der Waals surface area contributed by atoms with Crippen LogP contribution in [-0.4, -0.2) is 29.8 Å². The second kappa shape index (κ2) is 5.53. The van der Waals surface area contributed by atoms with Crippen LogP contribution in [0.2, 0.25) is 0 Å². The van der Waals surface area contributed by atoms with Crippen LogP contribution in [0, 0.1) is 6.92 Å². The molecule has 0 saturated carbocycles. The Morgan fingerprint density at radius 3 is 3.22 bits per heavy atom. The van der Waals surface area contributed by atoms with Crippen LogP contribution in [0.15, 0.2) is 11.4 Å².